The van der Waals surface area contributed by atoms with Crippen molar-refractivity contribution in [1.29, 1.82) is 0 Å². The molecule has 0 aliphatic rings. The summed E-state index contributed by atoms with van der Waals surface area (Å²) >= 11 is 1.34. The predicted molar refractivity (Wildman–Crippen MR) is 79.9 cm³/mol. The van der Waals surface area contributed by atoms with Gasteiger partial charge in [-0.2, -0.15) is 0 Å². The number of nitrogens with zero attached hydrogens (tertiary/aromatic N) is 2. The van der Waals surface area contributed by atoms with Crippen LogP contribution in [0.4, 0.5) is 5.69 Å². The third kappa shape index (κ3) is 4.88. The van der Waals surface area contributed by atoms with E-state index in [4.69, 9.17) is 0 Å². The van der Waals surface area contributed by atoms with Crippen LogP contribution >= 0.6 is 11.8 Å². The number of aromatic nitrogens is 1. The standard InChI is InChI=1S/C14H13N3O3S/c18-14(16-9-11-5-7-15-8-6-11)10-21-13-3-1-12(2-4-13)17(19)20/h1-8H,9-10H2,(H,16,18). The lowest BCUT2D eigenvalue weighted by Crippen LogP contribution is -2.24. The zero-order valence-corrected chi connectivity index (χ0v) is 11.9. The Morgan fingerprint density at radius 2 is 1.86 bits per heavy atom. The van der Waals surface area contributed by atoms with Crippen molar-refractivity contribution in [3.05, 3.63) is 64.5 Å². The molecule has 0 atom stereocenters. The maximum atomic E-state index is 11.7. The Bertz CT molecular complexity index is 617. The van der Waals surface area contributed by atoms with E-state index in [-0.39, 0.29) is 17.3 Å². The molecule has 1 aromatic heterocycles. The lowest BCUT2D eigenvalue weighted by atomic mass is 10.3. The van der Waals surface area contributed by atoms with Crippen LogP contribution in [-0.4, -0.2) is 21.6 Å². The third-order valence-electron chi connectivity index (χ3n) is 2.66. The molecule has 1 N–H and O–H groups in total. The van der Waals surface area contributed by atoms with Crippen molar-refractivity contribution >= 4 is 23.4 Å². The normalized spacial score (nSPS) is 10.1. The molecule has 0 aliphatic carbocycles. The number of carbonyl (C=O) groups is 1. The monoisotopic (exact) mass is 303 g/mol. The number of rotatable bonds is 6. The molecule has 1 amide bonds. The van der Waals surface area contributed by atoms with E-state index in [1.165, 1.54) is 23.9 Å². The van der Waals surface area contributed by atoms with Crippen LogP contribution in [-0.2, 0) is 11.3 Å². The second kappa shape index (κ2) is 7.39. The molecule has 21 heavy (non-hydrogen) atoms. The van der Waals surface area contributed by atoms with Gasteiger partial charge in [-0.3, -0.25) is 19.9 Å². The van der Waals surface area contributed by atoms with Gasteiger partial charge in [0.05, 0.1) is 10.7 Å². The first-order valence-electron chi connectivity index (χ1n) is 6.18. The minimum Gasteiger partial charge on any atom is -0.351 e. The summed E-state index contributed by atoms with van der Waals surface area (Å²) in [7, 11) is 0. The predicted octanol–water partition coefficient (Wildman–Crippen LogP) is 2.40. The van der Waals surface area contributed by atoms with Crippen LogP contribution in [0.3, 0.4) is 0 Å². The molecule has 2 rings (SSSR count). The van der Waals surface area contributed by atoms with Crippen molar-refractivity contribution in [2.75, 3.05) is 5.75 Å². The number of amides is 1. The van der Waals surface area contributed by atoms with E-state index in [9.17, 15) is 14.9 Å². The third-order valence-corrected chi connectivity index (χ3v) is 3.67. The Labute approximate surface area is 125 Å². The second-order valence-electron chi connectivity index (χ2n) is 4.17. The van der Waals surface area contributed by atoms with Crippen LogP contribution in [0.25, 0.3) is 0 Å². The quantitative estimate of drug-likeness (QED) is 0.503. The molecule has 0 aliphatic heterocycles. The fourth-order valence-corrected chi connectivity index (χ4v) is 2.29. The lowest BCUT2D eigenvalue weighted by Gasteiger charge is -2.05. The van der Waals surface area contributed by atoms with Crippen LogP contribution in [0.2, 0.25) is 0 Å². The maximum Gasteiger partial charge on any atom is 0.269 e. The number of pyridine rings is 1. The van der Waals surface area contributed by atoms with E-state index in [1.807, 2.05) is 12.1 Å². The number of thioether (sulfide) groups is 1. The number of nitrogens with one attached hydrogen (secondary N) is 1. The average Bonchev–Trinajstić information content (AvgIpc) is 2.52. The summed E-state index contributed by atoms with van der Waals surface area (Å²) in [6, 6.07) is 9.81. The Hall–Kier alpha value is -2.41. The second-order valence-corrected chi connectivity index (χ2v) is 5.22. The molecule has 0 spiro atoms. The van der Waals surface area contributed by atoms with E-state index in [2.05, 4.69) is 10.3 Å². The van der Waals surface area contributed by atoms with E-state index < -0.39 is 4.92 Å². The average molecular weight is 303 g/mol. The highest BCUT2D eigenvalue weighted by Gasteiger charge is 2.06. The molecule has 1 heterocycles. The van der Waals surface area contributed by atoms with Crippen LogP contribution in [0.1, 0.15) is 5.56 Å². The van der Waals surface area contributed by atoms with Gasteiger partial charge in [0.15, 0.2) is 0 Å². The molecule has 0 saturated carbocycles. The van der Waals surface area contributed by atoms with E-state index in [1.54, 1.807) is 24.5 Å². The summed E-state index contributed by atoms with van der Waals surface area (Å²) in [5.74, 6) is 0.179. The highest BCUT2D eigenvalue weighted by Crippen LogP contribution is 2.21. The summed E-state index contributed by atoms with van der Waals surface area (Å²) in [6.45, 7) is 0.460. The van der Waals surface area contributed by atoms with Gasteiger partial charge in [0.25, 0.3) is 5.69 Å². The van der Waals surface area contributed by atoms with Gasteiger partial charge in [-0.25, -0.2) is 0 Å². The molecule has 7 heteroatoms. The Kier molecular flexibility index (Phi) is 5.28. The number of carbonyl (C=O) groups excluding carboxylic acids is 1. The zero-order chi connectivity index (χ0) is 15.1. The van der Waals surface area contributed by atoms with Crippen molar-refractivity contribution in [2.45, 2.75) is 11.4 Å². The van der Waals surface area contributed by atoms with Gasteiger partial charge in [-0.15, -0.1) is 11.8 Å². The largest absolute Gasteiger partial charge is 0.351 e. The topological polar surface area (TPSA) is 85.1 Å². The minimum absolute atomic E-state index is 0.0430. The number of nitro groups is 1. The minimum atomic E-state index is -0.449. The fourth-order valence-electron chi connectivity index (χ4n) is 1.57. The van der Waals surface area contributed by atoms with Gasteiger partial charge >= 0.3 is 0 Å². The Morgan fingerprint density at radius 3 is 2.48 bits per heavy atom. The summed E-state index contributed by atoms with van der Waals surface area (Å²) in [5.41, 5.74) is 1.03. The molecule has 0 radical (unpaired) electrons. The molecule has 108 valence electrons. The van der Waals surface area contributed by atoms with Crippen molar-refractivity contribution in [1.82, 2.24) is 10.3 Å². The molecule has 0 bridgehead atoms. The molecular formula is C14H13N3O3S. The van der Waals surface area contributed by atoms with Crippen LogP contribution in [0.15, 0.2) is 53.7 Å². The molecule has 2 aromatic rings. The Balaban J connectivity index is 1.77. The zero-order valence-electron chi connectivity index (χ0n) is 11.1. The molecule has 1 aromatic carbocycles. The van der Waals surface area contributed by atoms with Gasteiger partial charge in [0, 0.05) is 36.0 Å². The van der Waals surface area contributed by atoms with Gasteiger partial charge in [-0.05, 0) is 29.8 Å². The van der Waals surface area contributed by atoms with Crippen molar-refractivity contribution in [2.24, 2.45) is 0 Å². The van der Waals surface area contributed by atoms with Crippen molar-refractivity contribution in [3.8, 4) is 0 Å². The number of nitro benzene ring substituents is 1. The van der Waals surface area contributed by atoms with Crippen molar-refractivity contribution in [3.63, 3.8) is 0 Å². The fraction of sp³-hybridized carbons (Fsp3) is 0.143. The van der Waals surface area contributed by atoms with Crippen molar-refractivity contribution < 1.29 is 9.72 Å². The van der Waals surface area contributed by atoms with Gasteiger partial charge in [0.2, 0.25) is 5.91 Å². The molecule has 0 fully saturated rings. The number of hydrogen-bond donors (Lipinski definition) is 1. The highest BCUT2D eigenvalue weighted by atomic mass is 32.2. The number of non-ortho nitro benzene ring substituents is 1. The number of benzene rings is 1. The maximum absolute atomic E-state index is 11.7. The molecule has 0 unspecified atom stereocenters. The summed E-state index contributed by atoms with van der Waals surface area (Å²) in [4.78, 5) is 26.5. The first-order chi connectivity index (χ1) is 10.1. The summed E-state index contributed by atoms with van der Waals surface area (Å²) in [6.07, 6.45) is 3.35. The Morgan fingerprint density at radius 1 is 1.19 bits per heavy atom. The molecule has 6 nitrogen and oxygen atoms in total. The van der Waals surface area contributed by atoms with Gasteiger partial charge in [-0.1, -0.05) is 0 Å². The van der Waals surface area contributed by atoms with Crippen LogP contribution < -0.4 is 5.32 Å². The van der Waals surface area contributed by atoms with E-state index in [0.717, 1.165) is 10.5 Å². The van der Waals surface area contributed by atoms with E-state index in [0.29, 0.717) is 6.54 Å². The molecular weight excluding hydrogens is 290 g/mol. The SMILES string of the molecule is O=C(CSc1ccc([N+](=O)[O-])cc1)NCc1ccncc1. The van der Waals surface area contributed by atoms with E-state index >= 15 is 0 Å². The van der Waals surface area contributed by atoms with Gasteiger partial charge in [0.1, 0.15) is 0 Å². The number of hydrogen-bond acceptors (Lipinski definition) is 5. The summed E-state index contributed by atoms with van der Waals surface area (Å²) in [5, 5.41) is 13.3. The molecule has 0 saturated heterocycles. The first-order valence-corrected chi connectivity index (χ1v) is 7.16. The lowest BCUT2D eigenvalue weighted by molar-refractivity contribution is -0.384. The van der Waals surface area contributed by atoms with Crippen LogP contribution in [0, 0.1) is 10.1 Å². The highest BCUT2D eigenvalue weighted by molar-refractivity contribution is 8.00. The first kappa shape index (κ1) is 15.0. The van der Waals surface area contributed by atoms with Gasteiger partial charge < -0.3 is 5.32 Å². The smallest absolute Gasteiger partial charge is 0.269 e. The summed E-state index contributed by atoms with van der Waals surface area (Å²) < 4.78 is 0. The van der Waals surface area contributed by atoms with Crippen LogP contribution in [0.5, 0.6) is 0 Å².